The van der Waals surface area contributed by atoms with Crippen LogP contribution in [0.15, 0.2) is 128 Å². The highest BCUT2D eigenvalue weighted by atomic mass is 32.1. The van der Waals surface area contributed by atoms with E-state index < -0.39 is 0 Å². The summed E-state index contributed by atoms with van der Waals surface area (Å²) >= 11 is 1.71. The summed E-state index contributed by atoms with van der Waals surface area (Å²) in [5.74, 6) is 0. The van der Waals surface area contributed by atoms with Crippen LogP contribution in [0.3, 0.4) is 0 Å². The zero-order valence-corrected chi connectivity index (χ0v) is 21.6. The fraction of sp³-hybridized carbons (Fsp3) is 0. The second kappa shape index (κ2) is 8.75. The minimum atomic E-state index is 0.955. The van der Waals surface area contributed by atoms with Gasteiger partial charge in [0.25, 0.3) is 0 Å². The number of para-hydroxylation sites is 2. The lowest BCUT2D eigenvalue weighted by atomic mass is 10.1. The Kier molecular flexibility index (Phi) is 4.93. The summed E-state index contributed by atoms with van der Waals surface area (Å²) in [5.41, 5.74) is 8.47. The van der Waals surface area contributed by atoms with Crippen molar-refractivity contribution in [1.82, 2.24) is 24.3 Å². The van der Waals surface area contributed by atoms with Gasteiger partial charge in [0.15, 0.2) is 0 Å². The number of thiazole rings is 1. The molecule has 4 heterocycles. The molecular weight excluding hydrogens is 498 g/mol. The van der Waals surface area contributed by atoms with Crippen LogP contribution in [0.25, 0.3) is 65.2 Å². The van der Waals surface area contributed by atoms with Crippen LogP contribution in [-0.2, 0) is 0 Å². The molecule has 0 saturated carbocycles. The molecule has 5 nitrogen and oxygen atoms in total. The fourth-order valence-corrected chi connectivity index (χ4v) is 6.37. The van der Waals surface area contributed by atoms with Crippen molar-refractivity contribution < 1.29 is 0 Å². The van der Waals surface area contributed by atoms with E-state index in [1.54, 1.807) is 11.3 Å². The lowest BCUT2D eigenvalue weighted by molar-refractivity contribution is 0.883. The van der Waals surface area contributed by atoms with E-state index >= 15 is 0 Å². The maximum absolute atomic E-state index is 5.03. The monoisotopic (exact) mass is 519 g/mol. The Morgan fingerprint density at radius 2 is 1.56 bits per heavy atom. The molecule has 0 aliphatic heterocycles. The van der Waals surface area contributed by atoms with Gasteiger partial charge in [0.05, 0.1) is 32.6 Å². The number of nitrogens with zero attached hydrogens (tertiary/aromatic N) is 5. The minimum absolute atomic E-state index is 0.955. The van der Waals surface area contributed by atoms with Crippen molar-refractivity contribution in [3.8, 4) is 33.2 Å². The van der Waals surface area contributed by atoms with Gasteiger partial charge in [-0.3, -0.25) is 4.98 Å². The van der Waals surface area contributed by atoms with Crippen LogP contribution in [-0.4, -0.2) is 24.3 Å². The van der Waals surface area contributed by atoms with Gasteiger partial charge >= 0.3 is 0 Å². The summed E-state index contributed by atoms with van der Waals surface area (Å²) in [4.78, 5) is 9.62. The van der Waals surface area contributed by atoms with Crippen molar-refractivity contribution in [2.75, 3.05) is 0 Å². The third kappa shape index (κ3) is 3.57. The van der Waals surface area contributed by atoms with Gasteiger partial charge in [-0.25, -0.2) is 9.67 Å². The molecule has 0 fully saturated rings. The molecule has 184 valence electrons. The third-order valence-corrected chi connectivity index (χ3v) is 8.20. The average molecular weight is 520 g/mol. The second-order valence-corrected chi connectivity index (χ2v) is 10.5. The van der Waals surface area contributed by atoms with Gasteiger partial charge in [0.2, 0.25) is 0 Å². The summed E-state index contributed by atoms with van der Waals surface area (Å²) in [5, 5.41) is 7.94. The molecule has 0 unspecified atom stereocenters. The number of fused-ring (bicyclic) bond motifs is 4. The molecule has 0 aliphatic rings. The van der Waals surface area contributed by atoms with Crippen LogP contribution in [0.5, 0.6) is 0 Å². The topological polar surface area (TPSA) is 48.5 Å². The van der Waals surface area contributed by atoms with Crippen LogP contribution in [0.1, 0.15) is 0 Å². The van der Waals surface area contributed by atoms with E-state index in [9.17, 15) is 0 Å². The van der Waals surface area contributed by atoms with Crippen molar-refractivity contribution in [2.45, 2.75) is 0 Å². The molecule has 0 saturated heterocycles. The smallest absolute Gasteiger partial charge is 0.126 e. The zero-order chi connectivity index (χ0) is 25.8. The Bertz CT molecular complexity index is 2090. The van der Waals surface area contributed by atoms with Crippen molar-refractivity contribution in [3.05, 3.63) is 128 Å². The molecule has 8 rings (SSSR count). The molecular formula is C33H21N5S. The van der Waals surface area contributed by atoms with Gasteiger partial charge in [-0.1, -0.05) is 48.5 Å². The predicted octanol–water partition coefficient (Wildman–Crippen LogP) is 8.31. The lowest BCUT2D eigenvalue weighted by Crippen LogP contribution is -1.99. The number of pyridine rings is 1. The molecule has 0 spiro atoms. The van der Waals surface area contributed by atoms with Crippen LogP contribution in [0, 0.1) is 0 Å². The van der Waals surface area contributed by atoms with E-state index in [4.69, 9.17) is 4.98 Å². The normalized spacial score (nSPS) is 11.6. The van der Waals surface area contributed by atoms with Gasteiger partial charge in [0, 0.05) is 46.2 Å². The highest BCUT2D eigenvalue weighted by molar-refractivity contribution is 7.21. The molecule has 39 heavy (non-hydrogen) atoms. The summed E-state index contributed by atoms with van der Waals surface area (Å²) in [6.07, 6.45) is 5.65. The Balaban J connectivity index is 1.45. The third-order valence-electron chi connectivity index (χ3n) is 7.13. The lowest BCUT2D eigenvalue weighted by Gasteiger charge is -2.12. The number of hydrogen-bond acceptors (Lipinski definition) is 4. The first-order valence-electron chi connectivity index (χ1n) is 12.8. The van der Waals surface area contributed by atoms with E-state index in [2.05, 4.69) is 93.5 Å². The highest BCUT2D eigenvalue weighted by Gasteiger charge is 2.19. The second-order valence-electron chi connectivity index (χ2n) is 9.44. The minimum Gasteiger partial charge on any atom is -0.309 e. The molecule has 0 radical (unpaired) electrons. The van der Waals surface area contributed by atoms with E-state index in [1.165, 1.54) is 15.5 Å². The van der Waals surface area contributed by atoms with Crippen molar-refractivity contribution in [2.24, 2.45) is 0 Å². The molecule has 0 N–H and O–H groups in total. The van der Waals surface area contributed by atoms with E-state index in [1.807, 2.05) is 53.6 Å². The van der Waals surface area contributed by atoms with Crippen LogP contribution in [0.4, 0.5) is 0 Å². The number of rotatable bonds is 4. The molecule has 0 amide bonds. The van der Waals surface area contributed by atoms with Crippen molar-refractivity contribution in [3.63, 3.8) is 0 Å². The number of hydrogen-bond donors (Lipinski definition) is 0. The fourth-order valence-electron chi connectivity index (χ4n) is 5.38. The van der Waals surface area contributed by atoms with E-state index in [0.717, 1.165) is 49.8 Å². The van der Waals surface area contributed by atoms with E-state index in [0.29, 0.717) is 0 Å². The Morgan fingerprint density at radius 1 is 0.667 bits per heavy atom. The van der Waals surface area contributed by atoms with Crippen molar-refractivity contribution >= 4 is 43.4 Å². The zero-order valence-electron chi connectivity index (χ0n) is 20.8. The quantitative estimate of drug-likeness (QED) is 0.235. The largest absolute Gasteiger partial charge is 0.309 e. The molecule has 4 aromatic heterocycles. The first-order valence-corrected chi connectivity index (χ1v) is 13.6. The Labute approximate surface area is 228 Å². The molecule has 8 aromatic rings. The number of benzene rings is 4. The maximum atomic E-state index is 5.03. The van der Waals surface area contributed by atoms with Crippen molar-refractivity contribution in [1.29, 1.82) is 0 Å². The standard InChI is InChI=1S/C33H21N5S/c1-3-14-29-24(11-1)25-20-30(37-18-8-17-35-37)26(33-36-28-13-2-4-15-32(28)39-33)21-31(25)38(29)23-10-7-9-22(19-23)27-12-5-6-16-34-27/h1-21H. The number of aromatic nitrogens is 5. The van der Waals surface area contributed by atoms with Crippen LogP contribution < -0.4 is 0 Å². The highest BCUT2D eigenvalue weighted by Crippen LogP contribution is 2.40. The predicted molar refractivity (Wildman–Crippen MR) is 160 cm³/mol. The first kappa shape index (κ1) is 22.0. The summed E-state index contributed by atoms with van der Waals surface area (Å²) in [7, 11) is 0. The summed E-state index contributed by atoms with van der Waals surface area (Å²) in [6.45, 7) is 0. The summed E-state index contributed by atoms with van der Waals surface area (Å²) < 4.78 is 5.46. The van der Waals surface area contributed by atoms with E-state index in [-0.39, 0.29) is 0 Å². The van der Waals surface area contributed by atoms with Gasteiger partial charge in [-0.05, 0) is 60.7 Å². The molecule has 6 heteroatoms. The molecule has 0 atom stereocenters. The maximum Gasteiger partial charge on any atom is 0.126 e. The summed E-state index contributed by atoms with van der Waals surface area (Å²) in [6, 6.07) is 38.0. The van der Waals surface area contributed by atoms with Gasteiger partial charge in [-0.2, -0.15) is 5.10 Å². The molecule has 0 aliphatic carbocycles. The van der Waals surface area contributed by atoms with Gasteiger partial charge in [0.1, 0.15) is 5.01 Å². The Morgan fingerprint density at radius 3 is 2.44 bits per heavy atom. The van der Waals surface area contributed by atoms with Crippen LogP contribution in [0.2, 0.25) is 0 Å². The molecule has 4 aromatic carbocycles. The first-order chi connectivity index (χ1) is 19.3. The van der Waals surface area contributed by atoms with Gasteiger partial charge in [-0.15, -0.1) is 11.3 Å². The molecule has 0 bridgehead atoms. The average Bonchev–Trinajstić information content (AvgIpc) is 3.75. The van der Waals surface area contributed by atoms with Gasteiger partial charge < -0.3 is 4.57 Å². The SMILES string of the molecule is c1ccc(-c2cccc(-n3c4ccccc4c4cc(-n5cccn5)c(-c5nc6ccccc6s5)cc43)c2)nc1. The van der Waals surface area contributed by atoms with Crippen LogP contribution >= 0.6 is 11.3 Å². The Hall–Kier alpha value is -5.07.